The first kappa shape index (κ1) is 18.2. The zero-order chi connectivity index (χ0) is 15.5. The molecule has 0 bridgehead atoms. The lowest BCUT2D eigenvalue weighted by atomic mass is 9.89. The molecule has 0 heterocycles. The molecule has 1 N–H and O–H groups in total. The summed E-state index contributed by atoms with van der Waals surface area (Å²) in [6.45, 7) is 10.2. The number of hydrogen-bond acceptors (Lipinski definition) is 1. The number of nitrogens with one attached hydrogen (secondary N) is 1. The van der Waals surface area contributed by atoms with E-state index in [4.69, 9.17) is 0 Å². The first-order chi connectivity index (χ1) is 10.2. The van der Waals surface area contributed by atoms with Crippen LogP contribution in [-0.4, -0.2) is 6.54 Å². The molecule has 0 saturated heterocycles. The highest BCUT2D eigenvalue weighted by Crippen LogP contribution is 2.27. The number of unbranched alkanes of at least 4 members (excludes halogenated alkanes) is 1. The Morgan fingerprint density at radius 1 is 0.952 bits per heavy atom. The van der Waals surface area contributed by atoms with E-state index in [1.165, 1.54) is 49.7 Å². The van der Waals surface area contributed by atoms with Crippen molar-refractivity contribution in [3.63, 3.8) is 0 Å². The molecule has 1 nitrogen and oxygen atoms in total. The molecule has 1 aromatic rings. The molecule has 0 aliphatic carbocycles. The second-order valence-electron chi connectivity index (χ2n) is 6.25. The normalized spacial score (nSPS) is 14.1. The van der Waals surface area contributed by atoms with Crippen LogP contribution in [0.4, 0.5) is 0 Å². The van der Waals surface area contributed by atoms with Crippen LogP contribution in [0.5, 0.6) is 0 Å². The van der Waals surface area contributed by atoms with Crippen molar-refractivity contribution in [1.82, 2.24) is 5.32 Å². The van der Waals surface area contributed by atoms with Gasteiger partial charge < -0.3 is 5.32 Å². The number of aryl methyl sites for hydroxylation is 1. The van der Waals surface area contributed by atoms with Gasteiger partial charge in [-0.3, -0.25) is 0 Å². The van der Waals surface area contributed by atoms with Crippen LogP contribution in [0.25, 0.3) is 0 Å². The minimum absolute atomic E-state index is 0.526. The highest BCUT2D eigenvalue weighted by Gasteiger charge is 2.16. The van der Waals surface area contributed by atoms with Crippen LogP contribution in [0.3, 0.4) is 0 Å². The quantitative estimate of drug-likeness (QED) is 0.535. The van der Waals surface area contributed by atoms with Gasteiger partial charge >= 0.3 is 0 Å². The Kier molecular flexibility index (Phi) is 9.41. The summed E-state index contributed by atoms with van der Waals surface area (Å²) >= 11 is 0. The van der Waals surface area contributed by atoms with Gasteiger partial charge in [-0.15, -0.1) is 0 Å². The van der Waals surface area contributed by atoms with Gasteiger partial charge in [-0.2, -0.15) is 0 Å². The van der Waals surface area contributed by atoms with Gasteiger partial charge in [0.1, 0.15) is 0 Å². The topological polar surface area (TPSA) is 12.0 Å². The van der Waals surface area contributed by atoms with Crippen molar-refractivity contribution in [3.05, 3.63) is 35.4 Å². The number of rotatable bonds is 11. The fraction of sp³-hybridized carbons (Fsp3) is 0.700. The van der Waals surface area contributed by atoms with Crippen molar-refractivity contribution < 1.29 is 0 Å². The largest absolute Gasteiger partial charge is 0.310 e. The fourth-order valence-electron chi connectivity index (χ4n) is 2.96. The van der Waals surface area contributed by atoms with Crippen LogP contribution in [0, 0.1) is 5.92 Å². The van der Waals surface area contributed by atoms with Crippen molar-refractivity contribution >= 4 is 0 Å². The van der Waals surface area contributed by atoms with E-state index in [2.05, 4.69) is 57.3 Å². The summed E-state index contributed by atoms with van der Waals surface area (Å²) in [5.41, 5.74) is 2.90. The highest BCUT2D eigenvalue weighted by atomic mass is 14.9. The molecule has 0 radical (unpaired) electrons. The molecule has 2 atom stereocenters. The molecule has 1 rings (SSSR count). The minimum Gasteiger partial charge on any atom is -0.310 e. The summed E-state index contributed by atoms with van der Waals surface area (Å²) in [7, 11) is 0. The molecular formula is C20H35N. The average molecular weight is 290 g/mol. The SMILES string of the molecule is CCCCC(CC)CC(NCCC)c1ccc(CC)cc1. The number of benzene rings is 1. The second kappa shape index (κ2) is 10.8. The molecule has 0 saturated carbocycles. The molecule has 1 heteroatoms. The lowest BCUT2D eigenvalue weighted by molar-refractivity contribution is 0.353. The van der Waals surface area contributed by atoms with Gasteiger partial charge in [-0.25, -0.2) is 0 Å². The zero-order valence-corrected chi connectivity index (χ0v) is 14.6. The van der Waals surface area contributed by atoms with Crippen molar-refractivity contribution in [2.45, 2.75) is 78.7 Å². The third kappa shape index (κ3) is 6.65. The van der Waals surface area contributed by atoms with Crippen LogP contribution in [0.15, 0.2) is 24.3 Å². The Bertz CT molecular complexity index is 355. The second-order valence-corrected chi connectivity index (χ2v) is 6.25. The van der Waals surface area contributed by atoms with E-state index >= 15 is 0 Å². The van der Waals surface area contributed by atoms with Crippen molar-refractivity contribution in [3.8, 4) is 0 Å². The predicted octanol–water partition coefficient (Wildman–Crippen LogP) is 5.90. The summed E-state index contributed by atoms with van der Waals surface area (Å²) in [5, 5.41) is 3.76. The predicted molar refractivity (Wildman–Crippen MR) is 94.8 cm³/mol. The third-order valence-corrected chi connectivity index (χ3v) is 4.54. The smallest absolute Gasteiger partial charge is 0.0322 e. The van der Waals surface area contributed by atoms with Gasteiger partial charge in [0, 0.05) is 6.04 Å². The molecule has 120 valence electrons. The first-order valence-corrected chi connectivity index (χ1v) is 9.07. The standard InChI is InChI=1S/C20H35N/c1-5-9-10-18(8-4)16-20(21-15-6-2)19-13-11-17(7-3)12-14-19/h11-14,18,20-21H,5-10,15-16H2,1-4H3. The fourth-order valence-corrected chi connectivity index (χ4v) is 2.96. The van der Waals surface area contributed by atoms with Gasteiger partial charge in [0.05, 0.1) is 0 Å². The van der Waals surface area contributed by atoms with E-state index in [1.54, 1.807) is 0 Å². The molecular weight excluding hydrogens is 254 g/mol. The molecule has 0 aromatic heterocycles. The Hall–Kier alpha value is -0.820. The molecule has 0 amide bonds. The molecule has 0 aliphatic heterocycles. The summed E-state index contributed by atoms with van der Waals surface area (Å²) in [6.07, 6.45) is 8.98. The van der Waals surface area contributed by atoms with Crippen LogP contribution in [0.1, 0.15) is 83.4 Å². The average Bonchev–Trinajstić information content (AvgIpc) is 2.54. The van der Waals surface area contributed by atoms with E-state index < -0.39 is 0 Å². The molecule has 21 heavy (non-hydrogen) atoms. The lowest BCUT2D eigenvalue weighted by Crippen LogP contribution is -2.24. The Morgan fingerprint density at radius 2 is 1.67 bits per heavy atom. The van der Waals surface area contributed by atoms with Crippen LogP contribution in [0.2, 0.25) is 0 Å². The molecule has 0 spiro atoms. The molecule has 0 aliphatic rings. The summed E-state index contributed by atoms with van der Waals surface area (Å²) in [5.74, 6) is 0.852. The maximum absolute atomic E-state index is 3.76. The Balaban J connectivity index is 2.72. The van der Waals surface area contributed by atoms with Crippen LogP contribution in [-0.2, 0) is 6.42 Å². The van der Waals surface area contributed by atoms with Crippen molar-refractivity contribution in [2.24, 2.45) is 5.92 Å². The van der Waals surface area contributed by atoms with Crippen molar-refractivity contribution in [2.75, 3.05) is 6.54 Å². The van der Waals surface area contributed by atoms with Crippen molar-refractivity contribution in [1.29, 1.82) is 0 Å². The first-order valence-electron chi connectivity index (χ1n) is 9.07. The maximum Gasteiger partial charge on any atom is 0.0322 e. The zero-order valence-electron chi connectivity index (χ0n) is 14.6. The maximum atomic E-state index is 3.76. The summed E-state index contributed by atoms with van der Waals surface area (Å²) in [4.78, 5) is 0. The van der Waals surface area contributed by atoms with Crippen LogP contribution >= 0.6 is 0 Å². The lowest BCUT2D eigenvalue weighted by Gasteiger charge is -2.24. The van der Waals surface area contributed by atoms with Gasteiger partial charge in [-0.05, 0) is 42.9 Å². The van der Waals surface area contributed by atoms with Gasteiger partial charge in [0.25, 0.3) is 0 Å². The van der Waals surface area contributed by atoms with Gasteiger partial charge in [0.15, 0.2) is 0 Å². The Morgan fingerprint density at radius 3 is 2.19 bits per heavy atom. The Labute approximate surface area is 132 Å². The molecule has 1 aromatic carbocycles. The summed E-state index contributed by atoms with van der Waals surface area (Å²) in [6, 6.07) is 9.78. The third-order valence-electron chi connectivity index (χ3n) is 4.54. The van der Waals surface area contributed by atoms with Gasteiger partial charge in [-0.1, -0.05) is 77.6 Å². The molecule has 2 unspecified atom stereocenters. The molecule has 0 fully saturated rings. The summed E-state index contributed by atoms with van der Waals surface area (Å²) < 4.78 is 0. The highest BCUT2D eigenvalue weighted by molar-refractivity contribution is 5.25. The minimum atomic E-state index is 0.526. The van der Waals surface area contributed by atoms with E-state index in [9.17, 15) is 0 Å². The van der Waals surface area contributed by atoms with E-state index in [-0.39, 0.29) is 0 Å². The van der Waals surface area contributed by atoms with Crippen LogP contribution < -0.4 is 5.32 Å². The van der Waals surface area contributed by atoms with E-state index in [0.717, 1.165) is 18.9 Å². The monoisotopic (exact) mass is 289 g/mol. The number of hydrogen-bond donors (Lipinski definition) is 1. The van der Waals surface area contributed by atoms with E-state index in [1.807, 2.05) is 0 Å². The van der Waals surface area contributed by atoms with Gasteiger partial charge in [0.2, 0.25) is 0 Å². The van der Waals surface area contributed by atoms with E-state index in [0.29, 0.717) is 6.04 Å².